The van der Waals surface area contributed by atoms with E-state index in [4.69, 9.17) is 11.6 Å². The number of carbonyl (C=O) groups excluding carboxylic acids is 1. The molecule has 0 atom stereocenters. The summed E-state index contributed by atoms with van der Waals surface area (Å²) in [5.41, 5.74) is 9.85. The van der Waals surface area contributed by atoms with Crippen LogP contribution in [0.1, 0.15) is 62.3 Å². The molecule has 0 bridgehead atoms. The predicted molar refractivity (Wildman–Crippen MR) is 171 cm³/mol. The first kappa shape index (κ1) is 32.4. The Labute approximate surface area is 262 Å². The normalized spacial score (nSPS) is 18.8. The first-order valence-corrected chi connectivity index (χ1v) is 15.6. The Bertz CT molecular complexity index is 1520. The van der Waals surface area contributed by atoms with Gasteiger partial charge in [0.15, 0.2) is 0 Å². The lowest BCUT2D eigenvalue weighted by atomic mass is 10.1. The summed E-state index contributed by atoms with van der Waals surface area (Å²) in [4.78, 5) is 18.0. The Morgan fingerprint density at radius 1 is 1.13 bits per heavy atom. The van der Waals surface area contributed by atoms with Crippen LogP contribution in [-0.4, -0.2) is 57.8 Å². The molecule has 5 N–H and O–H groups in total. The maximum Gasteiger partial charge on any atom is 0.416 e. The quantitative estimate of drug-likeness (QED) is 0.265. The molecule has 1 aliphatic heterocycles. The van der Waals surface area contributed by atoms with Gasteiger partial charge in [-0.2, -0.15) is 18.3 Å². The van der Waals surface area contributed by atoms with Crippen molar-refractivity contribution >= 4 is 23.0 Å². The molecular weight excluding hydrogens is 581 g/mol. The number of aryl methyl sites for hydroxylation is 1. The minimum Gasteiger partial charge on any atom is -0.397 e. The van der Waals surface area contributed by atoms with Gasteiger partial charge < -0.3 is 16.0 Å². The van der Waals surface area contributed by atoms with Crippen molar-refractivity contribution in [2.75, 3.05) is 36.4 Å². The fourth-order valence-corrected chi connectivity index (χ4v) is 6.37. The summed E-state index contributed by atoms with van der Waals surface area (Å²) in [5.74, 6) is 5.94. The van der Waals surface area contributed by atoms with Gasteiger partial charge >= 0.3 is 6.18 Å². The summed E-state index contributed by atoms with van der Waals surface area (Å²) in [6.07, 6.45) is 9.99. The first-order chi connectivity index (χ1) is 21.4. The number of nitrogens with one attached hydrogen (secondary N) is 1. The summed E-state index contributed by atoms with van der Waals surface area (Å²) in [6, 6.07) is 4.37. The Morgan fingerprint density at radius 3 is 2.47 bits per heavy atom. The number of piperazine rings is 1. The van der Waals surface area contributed by atoms with Crippen LogP contribution in [0.25, 0.3) is 5.70 Å². The molecule has 2 aromatic rings. The van der Waals surface area contributed by atoms with Gasteiger partial charge in [-0.3, -0.25) is 19.4 Å². The van der Waals surface area contributed by atoms with E-state index in [2.05, 4.69) is 15.3 Å². The van der Waals surface area contributed by atoms with Crippen LogP contribution in [0.4, 0.5) is 24.5 Å². The molecule has 2 fully saturated rings. The Kier molecular flexibility index (Phi) is 9.73. The van der Waals surface area contributed by atoms with Gasteiger partial charge in [0, 0.05) is 73.7 Å². The van der Waals surface area contributed by atoms with Crippen LogP contribution in [0, 0.1) is 6.92 Å². The molecule has 242 valence electrons. The molecule has 2 aliphatic carbocycles. The van der Waals surface area contributed by atoms with E-state index in [1.54, 1.807) is 35.3 Å². The fraction of sp³-hybridized carbons (Fsp3) is 0.455. The molecule has 0 spiro atoms. The molecule has 1 saturated heterocycles. The largest absolute Gasteiger partial charge is 0.416 e. The van der Waals surface area contributed by atoms with E-state index in [9.17, 15) is 18.0 Å². The lowest BCUT2D eigenvalue weighted by Crippen LogP contribution is -2.49. The third-order valence-electron chi connectivity index (χ3n) is 9.09. The van der Waals surface area contributed by atoms with E-state index in [0.29, 0.717) is 49.1 Å². The predicted octanol–water partition coefficient (Wildman–Crippen LogP) is 5.43. The maximum absolute atomic E-state index is 14.0. The van der Waals surface area contributed by atoms with Gasteiger partial charge in [-0.05, 0) is 62.5 Å². The van der Waals surface area contributed by atoms with Gasteiger partial charge in [0.25, 0.3) is 5.91 Å². The van der Waals surface area contributed by atoms with Crippen molar-refractivity contribution < 1.29 is 18.0 Å². The number of alkyl halides is 3. The summed E-state index contributed by atoms with van der Waals surface area (Å²) in [7, 11) is 1.82. The highest BCUT2D eigenvalue weighted by atomic mass is 19.4. The number of benzene rings is 1. The number of allylic oxidation sites excluding steroid dienone is 3. The van der Waals surface area contributed by atoms with Crippen molar-refractivity contribution in [2.24, 2.45) is 18.6 Å². The molecule has 1 saturated carbocycles. The number of nitrogens with zero attached hydrogens (tertiary/aromatic N) is 5. The van der Waals surface area contributed by atoms with Crippen molar-refractivity contribution in [1.29, 1.82) is 0 Å². The highest BCUT2D eigenvalue weighted by Gasteiger charge is 2.33. The number of aromatic nitrogens is 2. The second-order valence-corrected chi connectivity index (χ2v) is 11.9. The molecular formula is C33H43F3N8O. The highest BCUT2D eigenvalue weighted by Crippen LogP contribution is 2.36. The molecule has 45 heavy (non-hydrogen) atoms. The van der Waals surface area contributed by atoms with Crippen molar-refractivity contribution in [3.8, 4) is 0 Å². The second kappa shape index (κ2) is 13.5. The SMILES string of the molecule is CCC1=CCC=C(C(=O)Nc2cc(N3CCN(C4CCCC4)CC3)cc(C(F)(F)F)c2)C=C1N(N)/C=C(\N)c1cnn(C)c1C. The number of amides is 1. The number of hydrogen-bond acceptors (Lipinski definition) is 7. The summed E-state index contributed by atoms with van der Waals surface area (Å²) in [5, 5.41) is 8.33. The zero-order chi connectivity index (χ0) is 32.3. The van der Waals surface area contributed by atoms with Gasteiger partial charge in [-0.1, -0.05) is 31.9 Å². The number of hydrogen-bond donors (Lipinski definition) is 3. The zero-order valence-electron chi connectivity index (χ0n) is 26.2. The smallest absolute Gasteiger partial charge is 0.397 e. The fourth-order valence-electron chi connectivity index (χ4n) is 6.37. The van der Waals surface area contributed by atoms with E-state index in [-0.39, 0.29) is 11.3 Å². The van der Waals surface area contributed by atoms with Crippen molar-refractivity contribution in [3.05, 3.63) is 82.5 Å². The van der Waals surface area contributed by atoms with E-state index in [0.717, 1.165) is 36.0 Å². The third-order valence-corrected chi connectivity index (χ3v) is 9.09. The monoisotopic (exact) mass is 624 g/mol. The van der Waals surface area contributed by atoms with Crippen molar-refractivity contribution in [1.82, 2.24) is 19.7 Å². The minimum atomic E-state index is -4.56. The lowest BCUT2D eigenvalue weighted by Gasteiger charge is -2.39. The number of anilines is 2. The van der Waals surface area contributed by atoms with Crippen LogP contribution in [0.5, 0.6) is 0 Å². The first-order valence-electron chi connectivity index (χ1n) is 15.6. The number of nitrogens with two attached hydrogens (primary N) is 2. The molecule has 0 radical (unpaired) electrons. The number of carbonyl (C=O) groups is 1. The average molecular weight is 625 g/mol. The zero-order valence-corrected chi connectivity index (χ0v) is 26.2. The van der Waals surface area contributed by atoms with Gasteiger partial charge in [-0.25, -0.2) is 5.84 Å². The molecule has 5 rings (SSSR count). The van der Waals surface area contributed by atoms with Gasteiger partial charge in [0.1, 0.15) is 0 Å². The standard InChI is InChI=1S/C33H43F3N8O/c1-4-23-8-7-9-24(16-31(23)44(38)21-30(37)29-20-39-41(3)22(29)2)32(45)40-26-17-25(33(34,35)36)18-28(19-26)43-14-12-42(13-15-43)27-10-5-6-11-27/h8-9,16-21,27H,4-7,10-15,37-38H2,1-3H3,(H,40,45)/b30-21-. The topological polar surface area (TPSA) is 109 Å². The molecule has 12 heteroatoms. The number of halogens is 3. The van der Waals surface area contributed by atoms with Crippen molar-refractivity contribution in [2.45, 2.75) is 64.6 Å². The van der Waals surface area contributed by atoms with E-state index < -0.39 is 17.6 Å². The second-order valence-electron chi connectivity index (χ2n) is 11.9. The van der Waals surface area contributed by atoms with Crippen LogP contribution in [0.2, 0.25) is 0 Å². The highest BCUT2D eigenvalue weighted by molar-refractivity contribution is 6.06. The van der Waals surface area contributed by atoms with Crippen LogP contribution in [0.15, 0.2) is 65.7 Å². The summed E-state index contributed by atoms with van der Waals surface area (Å²) < 4.78 is 43.7. The summed E-state index contributed by atoms with van der Waals surface area (Å²) in [6.45, 7) is 6.77. The Balaban J connectivity index is 1.37. The van der Waals surface area contributed by atoms with E-state index in [1.807, 2.05) is 31.9 Å². The summed E-state index contributed by atoms with van der Waals surface area (Å²) >= 11 is 0. The number of rotatable bonds is 8. The van der Waals surface area contributed by atoms with Gasteiger partial charge in [0.2, 0.25) is 0 Å². The molecule has 9 nitrogen and oxygen atoms in total. The van der Waals surface area contributed by atoms with Crippen LogP contribution < -0.4 is 21.8 Å². The van der Waals surface area contributed by atoms with Gasteiger partial charge in [0.05, 0.1) is 23.2 Å². The van der Waals surface area contributed by atoms with E-state index >= 15 is 0 Å². The third kappa shape index (κ3) is 7.45. The maximum atomic E-state index is 14.0. The minimum absolute atomic E-state index is 0.0904. The van der Waals surface area contributed by atoms with Crippen LogP contribution >= 0.6 is 0 Å². The molecule has 1 aromatic heterocycles. The lowest BCUT2D eigenvalue weighted by molar-refractivity contribution is -0.137. The van der Waals surface area contributed by atoms with Crippen molar-refractivity contribution in [3.63, 3.8) is 0 Å². The molecule has 3 aliphatic rings. The Morgan fingerprint density at radius 2 is 1.84 bits per heavy atom. The van der Waals surface area contributed by atoms with Gasteiger partial charge in [-0.15, -0.1) is 0 Å². The molecule has 0 unspecified atom stereocenters. The molecule has 1 amide bonds. The molecule has 1 aromatic carbocycles. The van der Waals surface area contributed by atoms with Crippen LogP contribution in [-0.2, 0) is 18.0 Å². The van der Waals surface area contributed by atoms with E-state index in [1.165, 1.54) is 36.8 Å². The number of hydrazine groups is 1. The average Bonchev–Trinajstić information content (AvgIpc) is 3.60. The molecule has 2 heterocycles. The Hall–Kier alpha value is -4.03. The van der Waals surface area contributed by atoms with Crippen LogP contribution in [0.3, 0.4) is 0 Å².